The zero-order chi connectivity index (χ0) is 24.8. The van der Waals surface area contributed by atoms with Crippen LogP contribution >= 0.6 is 11.6 Å². The molecule has 2 spiro atoms. The molecule has 9 nitrogen and oxygen atoms in total. The molecule has 2 N–H and O–H groups in total. The van der Waals surface area contributed by atoms with Crippen LogP contribution in [0.25, 0.3) is 10.9 Å². The van der Waals surface area contributed by atoms with E-state index >= 15 is 0 Å². The lowest BCUT2D eigenvalue weighted by atomic mass is 9.78. The van der Waals surface area contributed by atoms with E-state index in [0.717, 1.165) is 60.9 Å². The van der Waals surface area contributed by atoms with E-state index < -0.39 is 0 Å². The van der Waals surface area contributed by atoms with Crippen molar-refractivity contribution in [3.8, 4) is 5.75 Å². The minimum Gasteiger partial charge on any atom is -0.497 e. The Kier molecular flexibility index (Phi) is 4.30. The molecule has 2 aromatic carbocycles. The van der Waals surface area contributed by atoms with Gasteiger partial charge >= 0.3 is 0 Å². The Morgan fingerprint density at radius 1 is 1.14 bits per heavy atom. The molecule has 8 rings (SSSR count). The van der Waals surface area contributed by atoms with Crippen LogP contribution in [0.3, 0.4) is 0 Å². The van der Waals surface area contributed by atoms with Gasteiger partial charge in [-0.15, -0.1) is 0 Å². The molecule has 2 atom stereocenters. The van der Waals surface area contributed by atoms with Crippen molar-refractivity contribution >= 4 is 51.9 Å². The summed E-state index contributed by atoms with van der Waals surface area (Å²) in [7, 11) is 1.70. The van der Waals surface area contributed by atoms with Crippen LogP contribution in [0, 0.1) is 5.41 Å². The molecule has 2 aromatic heterocycles. The summed E-state index contributed by atoms with van der Waals surface area (Å²) in [6.45, 7) is 3.44. The summed E-state index contributed by atoms with van der Waals surface area (Å²) < 4.78 is 10.8. The molecule has 3 fully saturated rings. The molecule has 0 amide bonds. The molecule has 5 heterocycles. The highest BCUT2D eigenvalue weighted by atomic mass is 35.5. The van der Waals surface area contributed by atoms with Gasteiger partial charge < -0.3 is 19.7 Å². The van der Waals surface area contributed by atoms with E-state index in [4.69, 9.17) is 21.1 Å². The van der Waals surface area contributed by atoms with Gasteiger partial charge in [-0.05, 0) is 53.8 Å². The van der Waals surface area contributed by atoms with Crippen LogP contribution in [0.4, 0.5) is 23.1 Å². The van der Waals surface area contributed by atoms with Gasteiger partial charge in [-0.2, -0.15) is 5.10 Å². The lowest BCUT2D eigenvalue weighted by molar-refractivity contribution is -0.127. The van der Waals surface area contributed by atoms with Gasteiger partial charge in [-0.1, -0.05) is 17.7 Å². The fraction of sp³-hybridized carbons (Fsp3) is 0.333. The lowest BCUT2D eigenvalue weighted by Crippen LogP contribution is -2.66. The van der Waals surface area contributed by atoms with Gasteiger partial charge in [-0.25, -0.2) is 9.97 Å². The molecule has 37 heavy (non-hydrogen) atoms. The summed E-state index contributed by atoms with van der Waals surface area (Å²) in [6, 6.07) is 12.6. The maximum atomic E-state index is 6.73. The summed E-state index contributed by atoms with van der Waals surface area (Å²) in [5.74, 6) is 3.21. The molecule has 0 radical (unpaired) electrons. The van der Waals surface area contributed by atoms with Crippen molar-refractivity contribution < 1.29 is 9.47 Å². The number of fused-ring (bicyclic) bond motifs is 3. The zero-order valence-electron chi connectivity index (χ0n) is 20.2. The Labute approximate surface area is 217 Å². The number of methoxy groups -OCH3 is 1. The number of hydrogen-bond donors (Lipinski definition) is 2. The predicted octanol–water partition coefficient (Wildman–Crippen LogP) is 4.74. The van der Waals surface area contributed by atoms with Gasteiger partial charge in [0.15, 0.2) is 17.5 Å². The van der Waals surface area contributed by atoms with Gasteiger partial charge in [0.2, 0.25) is 0 Å². The topological polar surface area (TPSA) is 101 Å². The third-order valence-corrected chi connectivity index (χ3v) is 8.66. The van der Waals surface area contributed by atoms with Crippen LogP contribution in [0.5, 0.6) is 5.75 Å². The minimum absolute atomic E-state index is 0.0510. The minimum atomic E-state index is -0.0510. The number of rotatable bonds is 5. The molecule has 0 bridgehead atoms. The first-order valence-electron chi connectivity index (χ1n) is 12.4. The first-order valence-corrected chi connectivity index (χ1v) is 12.8. The second-order valence-electron chi connectivity index (χ2n) is 10.6. The van der Waals surface area contributed by atoms with Crippen LogP contribution in [0.1, 0.15) is 23.5 Å². The molecule has 1 aliphatic carbocycles. The third kappa shape index (κ3) is 3.07. The second kappa shape index (κ2) is 7.43. The Hall–Kier alpha value is -3.69. The van der Waals surface area contributed by atoms with E-state index in [1.54, 1.807) is 13.4 Å². The van der Waals surface area contributed by atoms with E-state index in [-0.39, 0.29) is 10.8 Å². The third-order valence-electron chi connectivity index (χ3n) is 8.31. The molecule has 10 heteroatoms. The molecular weight excluding hydrogens is 490 g/mol. The number of aromatic nitrogens is 4. The van der Waals surface area contributed by atoms with Crippen LogP contribution in [-0.2, 0) is 10.2 Å². The first kappa shape index (κ1) is 21.4. The number of ether oxygens (including phenoxy) is 2. The van der Waals surface area contributed by atoms with Gasteiger partial charge in [0.1, 0.15) is 17.1 Å². The maximum absolute atomic E-state index is 6.73. The van der Waals surface area contributed by atoms with Crippen molar-refractivity contribution in [3.05, 3.63) is 58.9 Å². The summed E-state index contributed by atoms with van der Waals surface area (Å²) in [5, 5.41) is 12.5. The van der Waals surface area contributed by atoms with E-state index in [0.29, 0.717) is 22.6 Å². The van der Waals surface area contributed by atoms with E-state index in [9.17, 15) is 0 Å². The summed E-state index contributed by atoms with van der Waals surface area (Å²) >= 11 is 6.73. The monoisotopic (exact) mass is 513 g/mol. The standard InChI is InChI=1S/C27H24ClN7O2/c1-36-16-3-5-20-18(7-16)27(9-29-20)8-19(27)15-2-4-17-21(6-15)33-34-23(17)32-24-22(28)25(31-14-30-24)35-10-26(11-35)12-37-13-26/h2-7,9,14,19H,8,10-13H2,1H3,(H2,30,31,32,33,34)/t19-,27-/m0/s1. The fourth-order valence-corrected chi connectivity index (χ4v) is 6.40. The Balaban J connectivity index is 1.05. The number of anilines is 3. The number of aliphatic imine (C=N–C) groups is 1. The highest BCUT2D eigenvalue weighted by molar-refractivity contribution is 6.35. The van der Waals surface area contributed by atoms with Crippen molar-refractivity contribution in [2.75, 3.05) is 43.6 Å². The van der Waals surface area contributed by atoms with Gasteiger partial charge in [0.25, 0.3) is 0 Å². The Morgan fingerprint density at radius 2 is 2.03 bits per heavy atom. The summed E-state index contributed by atoms with van der Waals surface area (Å²) in [5.41, 5.74) is 4.73. The normalized spacial score (nSPS) is 24.3. The van der Waals surface area contributed by atoms with E-state index in [1.807, 2.05) is 12.1 Å². The van der Waals surface area contributed by atoms with E-state index in [2.05, 4.69) is 65.9 Å². The van der Waals surface area contributed by atoms with Gasteiger partial charge in [0.05, 0.1) is 36.9 Å². The molecule has 3 aliphatic heterocycles. The van der Waals surface area contributed by atoms with Crippen molar-refractivity contribution in [2.45, 2.75) is 17.8 Å². The number of hydrogen-bond acceptors (Lipinski definition) is 8. The summed E-state index contributed by atoms with van der Waals surface area (Å²) in [4.78, 5) is 15.7. The molecule has 1 saturated carbocycles. The van der Waals surface area contributed by atoms with Crippen LogP contribution in [0.15, 0.2) is 47.7 Å². The average Bonchev–Trinajstić information content (AvgIpc) is 3.30. The van der Waals surface area contributed by atoms with Crippen LogP contribution < -0.4 is 15.0 Å². The van der Waals surface area contributed by atoms with Crippen molar-refractivity contribution in [1.29, 1.82) is 0 Å². The molecular formula is C27H24ClN7O2. The van der Waals surface area contributed by atoms with Gasteiger partial charge in [-0.3, -0.25) is 10.1 Å². The summed E-state index contributed by atoms with van der Waals surface area (Å²) in [6.07, 6.45) is 4.69. The quantitative estimate of drug-likeness (QED) is 0.397. The zero-order valence-corrected chi connectivity index (χ0v) is 20.9. The molecule has 0 unspecified atom stereocenters. The van der Waals surface area contributed by atoms with Crippen molar-refractivity contribution in [1.82, 2.24) is 20.2 Å². The molecule has 186 valence electrons. The Bertz CT molecular complexity index is 1610. The molecule has 2 saturated heterocycles. The highest BCUT2D eigenvalue weighted by Crippen LogP contribution is 2.64. The van der Waals surface area contributed by atoms with Crippen LogP contribution in [0.2, 0.25) is 5.02 Å². The SMILES string of the molecule is COc1ccc2c(c1)[C@@]1(C=N2)C[C@H]1c1ccc2c(Nc3ncnc(N4CC5(COC5)C4)c3Cl)n[nH]c2c1. The Morgan fingerprint density at radius 3 is 2.84 bits per heavy atom. The number of nitrogens with zero attached hydrogens (tertiary/aromatic N) is 5. The van der Waals surface area contributed by atoms with Crippen molar-refractivity contribution in [3.63, 3.8) is 0 Å². The van der Waals surface area contributed by atoms with Crippen LogP contribution in [-0.4, -0.2) is 59.8 Å². The highest BCUT2D eigenvalue weighted by Gasteiger charge is 2.58. The number of H-pyrrole nitrogens is 1. The molecule has 4 aromatic rings. The van der Waals surface area contributed by atoms with E-state index in [1.165, 1.54) is 11.1 Å². The maximum Gasteiger partial charge on any atom is 0.161 e. The number of aromatic amines is 1. The number of benzene rings is 2. The average molecular weight is 514 g/mol. The first-order chi connectivity index (χ1) is 18.1. The fourth-order valence-electron chi connectivity index (χ4n) is 6.13. The predicted molar refractivity (Wildman–Crippen MR) is 142 cm³/mol. The number of nitrogens with one attached hydrogen (secondary N) is 2. The number of halogens is 1. The largest absolute Gasteiger partial charge is 0.497 e. The van der Waals surface area contributed by atoms with Gasteiger partial charge in [0, 0.05) is 30.1 Å². The lowest BCUT2D eigenvalue weighted by Gasteiger charge is -2.55. The van der Waals surface area contributed by atoms with Crippen molar-refractivity contribution in [2.24, 2.45) is 10.4 Å². The second-order valence-corrected chi connectivity index (χ2v) is 11.0. The smallest absolute Gasteiger partial charge is 0.161 e. The molecule has 4 aliphatic rings.